The van der Waals surface area contributed by atoms with E-state index in [1.165, 1.54) is 5.56 Å². The summed E-state index contributed by atoms with van der Waals surface area (Å²) in [7, 11) is 1.83. The van der Waals surface area contributed by atoms with Crippen molar-refractivity contribution in [2.45, 2.75) is 26.7 Å². The Hall–Kier alpha value is -2.62. The zero-order valence-corrected chi connectivity index (χ0v) is 16.6. The summed E-state index contributed by atoms with van der Waals surface area (Å²) in [6.45, 7) is 7.69. The Balaban J connectivity index is 1.91. The Kier molecular flexibility index (Phi) is 5.64. The maximum Gasteiger partial charge on any atom is 0.254 e. The largest absolute Gasteiger partial charge is 0.346 e. The highest BCUT2D eigenvalue weighted by Gasteiger charge is 2.41. The van der Waals surface area contributed by atoms with E-state index >= 15 is 0 Å². The van der Waals surface area contributed by atoms with Crippen LogP contribution in [0.5, 0.6) is 0 Å². The topological polar surface area (TPSA) is 40.6 Å². The molecule has 1 fully saturated rings. The highest BCUT2D eigenvalue weighted by atomic mass is 16.2. The Bertz CT molecular complexity index is 829. The fourth-order valence-corrected chi connectivity index (χ4v) is 3.79. The molecule has 1 aliphatic rings. The van der Waals surface area contributed by atoms with E-state index in [0.29, 0.717) is 19.6 Å². The minimum atomic E-state index is -0.203. The van der Waals surface area contributed by atoms with Gasteiger partial charge in [0.2, 0.25) is 5.91 Å². The molecule has 1 saturated heterocycles. The summed E-state index contributed by atoms with van der Waals surface area (Å²) in [6.07, 6.45) is 0. The Morgan fingerprint density at radius 2 is 1.70 bits per heavy atom. The molecule has 2 aromatic carbocycles. The van der Waals surface area contributed by atoms with Crippen molar-refractivity contribution in [3.63, 3.8) is 0 Å². The van der Waals surface area contributed by atoms with E-state index in [4.69, 9.17) is 0 Å². The first kappa shape index (κ1) is 19.2. The summed E-state index contributed by atoms with van der Waals surface area (Å²) in [5, 5.41) is 0. The molecule has 1 aliphatic heterocycles. The van der Waals surface area contributed by atoms with Crippen molar-refractivity contribution in [1.82, 2.24) is 9.80 Å². The van der Waals surface area contributed by atoms with Crippen LogP contribution in [-0.2, 0) is 4.79 Å². The predicted octanol–water partition coefficient (Wildman–Crippen LogP) is 3.64. The van der Waals surface area contributed by atoms with Crippen LogP contribution in [0.1, 0.15) is 39.9 Å². The lowest BCUT2D eigenvalue weighted by molar-refractivity contribution is -0.133. The van der Waals surface area contributed by atoms with Crippen molar-refractivity contribution in [2.24, 2.45) is 5.92 Å². The minimum Gasteiger partial charge on any atom is -0.346 e. The van der Waals surface area contributed by atoms with Crippen molar-refractivity contribution in [3.05, 3.63) is 70.8 Å². The van der Waals surface area contributed by atoms with Crippen LogP contribution < -0.4 is 0 Å². The highest BCUT2D eigenvalue weighted by molar-refractivity contribution is 5.96. The number of nitrogens with zero attached hydrogens (tertiary/aromatic N) is 2. The number of carbonyl (C=O) groups is 2. The second-order valence-corrected chi connectivity index (χ2v) is 7.50. The molecular formula is C23H28N2O2. The van der Waals surface area contributed by atoms with E-state index in [-0.39, 0.29) is 23.7 Å². The van der Waals surface area contributed by atoms with Crippen LogP contribution in [0.2, 0.25) is 0 Å². The molecule has 0 aromatic heterocycles. The lowest BCUT2D eigenvalue weighted by atomic mass is 9.87. The molecule has 0 aliphatic carbocycles. The fraction of sp³-hybridized carbons (Fsp3) is 0.391. The number of benzene rings is 2. The van der Waals surface area contributed by atoms with Crippen LogP contribution in [0.3, 0.4) is 0 Å². The number of amides is 2. The summed E-state index contributed by atoms with van der Waals surface area (Å²) < 4.78 is 0. The van der Waals surface area contributed by atoms with Crippen LogP contribution in [0.15, 0.2) is 48.5 Å². The smallest absolute Gasteiger partial charge is 0.254 e. The molecule has 0 bridgehead atoms. The first-order valence-electron chi connectivity index (χ1n) is 9.58. The Morgan fingerprint density at radius 1 is 1.04 bits per heavy atom. The Morgan fingerprint density at radius 3 is 2.33 bits per heavy atom. The quantitative estimate of drug-likeness (QED) is 0.831. The third kappa shape index (κ3) is 3.90. The number of likely N-dealkylation sites (tertiary alicyclic amines) is 1. The maximum absolute atomic E-state index is 13.1. The van der Waals surface area contributed by atoms with Crippen LogP contribution in [0, 0.1) is 19.8 Å². The fourth-order valence-electron chi connectivity index (χ4n) is 3.79. The van der Waals surface area contributed by atoms with Crippen LogP contribution in [-0.4, -0.2) is 48.3 Å². The van der Waals surface area contributed by atoms with Gasteiger partial charge in [-0.05, 0) is 38.0 Å². The average Bonchev–Trinajstić information content (AvgIpc) is 3.12. The monoisotopic (exact) mass is 364 g/mol. The molecule has 1 heterocycles. The van der Waals surface area contributed by atoms with Gasteiger partial charge in [-0.3, -0.25) is 9.59 Å². The van der Waals surface area contributed by atoms with Gasteiger partial charge in [0.15, 0.2) is 0 Å². The van der Waals surface area contributed by atoms with Gasteiger partial charge in [-0.1, -0.05) is 48.0 Å². The normalized spacial score (nSPS) is 19.2. The lowest BCUT2D eigenvalue weighted by Gasteiger charge is -2.23. The van der Waals surface area contributed by atoms with Gasteiger partial charge >= 0.3 is 0 Å². The third-order valence-corrected chi connectivity index (χ3v) is 5.66. The molecule has 4 nitrogen and oxygen atoms in total. The Labute approximate surface area is 161 Å². The van der Waals surface area contributed by atoms with Gasteiger partial charge < -0.3 is 9.80 Å². The van der Waals surface area contributed by atoms with Gasteiger partial charge in [-0.15, -0.1) is 0 Å². The molecule has 4 heteroatoms. The van der Waals surface area contributed by atoms with Crippen molar-refractivity contribution >= 4 is 11.8 Å². The average molecular weight is 364 g/mol. The third-order valence-electron chi connectivity index (χ3n) is 5.66. The molecule has 2 amide bonds. The molecule has 0 spiro atoms. The highest BCUT2D eigenvalue weighted by Crippen LogP contribution is 2.35. The number of hydrogen-bond acceptors (Lipinski definition) is 2. The molecule has 2 unspecified atom stereocenters. The second-order valence-electron chi connectivity index (χ2n) is 7.50. The standard InChI is InChI=1S/C23H28N2O2/c1-5-24(4)22(26)21-15-25(23(27)19-9-7-6-8-17(19)3)14-20(21)18-12-10-16(2)11-13-18/h6-13,20-21H,5,14-15H2,1-4H3. The van der Waals surface area contributed by atoms with Crippen molar-refractivity contribution in [1.29, 1.82) is 0 Å². The molecule has 0 radical (unpaired) electrons. The summed E-state index contributed by atoms with van der Waals surface area (Å²) in [5.41, 5.74) is 4.01. The van der Waals surface area contributed by atoms with Crippen molar-refractivity contribution in [3.8, 4) is 0 Å². The van der Waals surface area contributed by atoms with E-state index in [9.17, 15) is 9.59 Å². The first-order valence-corrected chi connectivity index (χ1v) is 9.58. The number of rotatable bonds is 4. The van der Waals surface area contributed by atoms with Gasteiger partial charge in [0.25, 0.3) is 5.91 Å². The maximum atomic E-state index is 13.1. The number of hydrogen-bond donors (Lipinski definition) is 0. The van der Waals surface area contributed by atoms with E-state index in [1.807, 2.05) is 50.1 Å². The SMILES string of the molecule is CCN(C)C(=O)C1CN(C(=O)c2ccccc2C)CC1c1ccc(C)cc1. The molecule has 3 rings (SSSR count). The van der Waals surface area contributed by atoms with E-state index in [1.54, 1.807) is 4.90 Å². The van der Waals surface area contributed by atoms with Gasteiger partial charge in [-0.2, -0.15) is 0 Å². The summed E-state index contributed by atoms with van der Waals surface area (Å²) in [5.74, 6) is -0.0477. The van der Waals surface area contributed by atoms with Crippen LogP contribution in [0.4, 0.5) is 0 Å². The number of aryl methyl sites for hydroxylation is 2. The van der Waals surface area contributed by atoms with Gasteiger partial charge in [0, 0.05) is 38.2 Å². The van der Waals surface area contributed by atoms with E-state index in [2.05, 4.69) is 31.2 Å². The summed E-state index contributed by atoms with van der Waals surface area (Å²) >= 11 is 0. The van der Waals surface area contributed by atoms with E-state index < -0.39 is 0 Å². The molecule has 0 N–H and O–H groups in total. The molecule has 0 saturated carbocycles. The lowest BCUT2D eigenvalue weighted by Crippen LogP contribution is -2.37. The van der Waals surface area contributed by atoms with Gasteiger partial charge in [0.05, 0.1) is 5.92 Å². The van der Waals surface area contributed by atoms with Crippen LogP contribution >= 0.6 is 0 Å². The molecule has 142 valence electrons. The van der Waals surface area contributed by atoms with E-state index in [0.717, 1.165) is 16.7 Å². The first-order chi connectivity index (χ1) is 12.9. The number of carbonyl (C=O) groups excluding carboxylic acids is 2. The minimum absolute atomic E-state index is 0.0136. The summed E-state index contributed by atoms with van der Waals surface area (Å²) in [6, 6.07) is 16.0. The van der Waals surface area contributed by atoms with Gasteiger partial charge in [0.1, 0.15) is 0 Å². The van der Waals surface area contributed by atoms with Crippen molar-refractivity contribution < 1.29 is 9.59 Å². The van der Waals surface area contributed by atoms with Gasteiger partial charge in [-0.25, -0.2) is 0 Å². The van der Waals surface area contributed by atoms with Crippen molar-refractivity contribution in [2.75, 3.05) is 26.7 Å². The molecule has 2 aromatic rings. The zero-order chi connectivity index (χ0) is 19.6. The molecule has 27 heavy (non-hydrogen) atoms. The second kappa shape index (κ2) is 7.95. The molecule has 2 atom stereocenters. The zero-order valence-electron chi connectivity index (χ0n) is 16.6. The van der Waals surface area contributed by atoms with Crippen LogP contribution in [0.25, 0.3) is 0 Å². The summed E-state index contributed by atoms with van der Waals surface area (Å²) in [4.78, 5) is 29.7. The molecular weight excluding hydrogens is 336 g/mol. The predicted molar refractivity (Wildman–Crippen MR) is 108 cm³/mol.